The minimum atomic E-state index is 0.0840. The van der Waals surface area contributed by atoms with Crippen LogP contribution in [0.5, 0.6) is 0 Å². The van der Waals surface area contributed by atoms with E-state index in [2.05, 4.69) is 19.2 Å². The lowest BCUT2D eigenvalue weighted by Crippen LogP contribution is -2.33. The van der Waals surface area contributed by atoms with Gasteiger partial charge in [0.25, 0.3) is 0 Å². The van der Waals surface area contributed by atoms with Crippen molar-refractivity contribution in [3.8, 4) is 0 Å². The maximum atomic E-state index is 11.7. The highest BCUT2D eigenvalue weighted by Gasteiger charge is 2.19. The molecule has 0 saturated heterocycles. The third kappa shape index (κ3) is 6.39. The number of carbonyl (C=O) groups excluding carboxylic acids is 1. The van der Waals surface area contributed by atoms with Gasteiger partial charge in [0.05, 0.1) is 6.10 Å². The van der Waals surface area contributed by atoms with Crippen LogP contribution in [0.4, 0.5) is 0 Å². The van der Waals surface area contributed by atoms with Crippen molar-refractivity contribution in [2.45, 2.75) is 65.0 Å². The number of hydrogen-bond acceptors (Lipinski definition) is 3. The van der Waals surface area contributed by atoms with Crippen molar-refractivity contribution in [2.75, 3.05) is 13.2 Å². The summed E-state index contributed by atoms with van der Waals surface area (Å²) in [6.45, 7) is 7.56. The Bertz CT molecular complexity index is 261. The highest BCUT2D eigenvalue weighted by molar-refractivity contribution is 5.78. The van der Waals surface area contributed by atoms with Crippen LogP contribution >= 0.6 is 0 Å². The Kier molecular flexibility index (Phi) is 7.39. The van der Waals surface area contributed by atoms with Gasteiger partial charge < -0.3 is 15.8 Å². The highest BCUT2D eigenvalue weighted by Crippen LogP contribution is 2.19. The average molecular weight is 270 g/mol. The van der Waals surface area contributed by atoms with Crippen molar-refractivity contribution in [1.29, 1.82) is 0 Å². The van der Waals surface area contributed by atoms with E-state index in [1.807, 2.05) is 6.92 Å². The standard InChI is InChI=1S/C15H30N2O2/c1-11(2)12(3)15(18)17-9-4-10-19-14-7-5-13(16)6-8-14/h11-14H,4-10,16H2,1-3H3,(H,17,18). The van der Waals surface area contributed by atoms with E-state index in [4.69, 9.17) is 10.5 Å². The van der Waals surface area contributed by atoms with Crippen molar-refractivity contribution in [2.24, 2.45) is 17.6 Å². The molecular weight excluding hydrogens is 240 g/mol. The van der Waals surface area contributed by atoms with Gasteiger partial charge in [-0.25, -0.2) is 0 Å². The second-order valence-electron chi connectivity index (χ2n) is 6.08. The fourth-order valence-corrected chi connectivity index (χ4v) is 2.25. The number of rotatable bonds is 7. The zero-order valence-electron chi connectivity index (χ0n) is 12.7. The number of ether oxygens (including phenoxy) is 1. The quantitative estimate of drug-likeness (QED) is 0.696. The maximum absolute atomic E-state index is 11.7. The Hall–Kier alpha value is -0.610. The van der Waals surface area contributed by atoms with Gasteiger partial charge in [-0.05, 0) is 38.0 Å². The molecular formula is C15H30N2O2. The molecule has 3 N–H and O–H groups in total. The molecule has 1 unspecified atom stereocenters. The van der Waals surface area contributed by atoms with Gasteiger partial charge in [0.2, 0.25) is 5.91 Å². The summed E-state index contributed by atoms with van der Waals surface area (Å²) in [7, 11) is 0. The monoisotopic (exact) mass is 270 g/mol. The highest BCUT2D eigenvalue weighted by atomic mass is 16.5. The van der Waals surface area contributed by atoms with E-state index in [0.717, 1.165) is 38.7 Å². The van der Waals surface area contributed by atoms with Crippen LogP contribution in [0.25, 0.3) is 0 Å². The first kappa shape index (κ1) is 16.4. The molecule has 0 spiro atoms. The Morgan fingerprint density at radius 3 is 2.47 bits per heavy atom. The number of hydrogen-bond donors (Lipinski definition) is 2. The molecule has 19 heavy (non-hydrogen) atoms. The molecule has 0 aromatic rings. The maximum Gasteiger partial charge on any atom is 0.223 e. The molecule has 4 heteroatoms. The molecule has 1 aliphatic carbocycles. The molecule has 0 aliphatic heterocycles. The summed E-state index contributed by atoms with van der Waals surface area (Å²) in [6.07, 6.45) is 5.58. The molecule has 0 aromatic heterocycles. The van der Waals surface area contributed by atoms with Gasteiger partial charge in [0.15, 0.2) is 0 Å². The van der Waals surface area contributed by atoms with Crippen LogP contribution in [0.3, 0.4) is 0 Å². The first-order chi connectivity index (χ1) is 9.00. The Morgan fingerprint density at radius 2 is 1.89 bits per heavy atom. The lowest BCUT2D eigenvalue weighted by molar-refractivity contribution is -0.125. The van der Waals surface area contributed by atoms with Gasteiger partial charge in [-0.15, -0.1) is 0 Å². The van der Waals surface area contributed by atoms with Crippen molar-refractivity contribution < 1.29 is 9.53 Å². The van der Waals surface area contributed by atoms with Gasteiger partial charge in [-0.3, -0.25) is 4.79 Å². The number of nitrogens with one attached hydrogen (secondary N) is 1. The topological polar surface area (TPSA) is 64.3 Å². The smallest absolute Gasteiger partial charge is 0.223 e. The van der Waals surface area contributed by atoms with E-state index < -0.39 is 0 Å². The van der Waals surface area contributed by atoms with E-state index in [1.54, 1.807) is 0 Å². The molecule has 112 valence electrons. The molecule has 0 aromatic carbocycles. The van der Waals surface area contributed by atoms with Gasteiger partial charge in [-0.2, -0.15) is 0 Å². The molecule has 1 fully saturated rings. The van der Waals surface area contributed by atoms with Crippen LogP contribution in [0.15, 0.2) is 0 Å². The third-order valence-corrected chi connectivity index (χ3v) is 4.11. The first-order valence-corrected chi connectivity index (χ1v) is 7.65. The molecule has 1 rings (SSSR count). The summed E-state index contributed by atoms with van der Waals surface area (Å²) in [5.41, 5.74) is 5.86. The minimum Gasteiger partial charge on any atom is -0.378 e. The van der Waals surface area contributed by atoms with Gasteiger partial charge in [0, 0.05) is 25.1 Å². The van der Waals surface area contributed by atoms with Crippen molar-refractivity contribution in [1.82, 2.24) is 5.32 Å². The molecule has 1 atom stereocenters. The first-order valence-electron chi connectivity index (χ1n) is 7.65. The minimum absolute atomic E-state index is 0.0840. The van der Waals surface area contributed by atoms with Crippen LogP contribution in [0, 0.1) is 11.8 Å². The van der Waals surface area contributed by atoms with Crippen molar-refractivity contribution in [3.63, 3.8) is 0 Å². The predicted molar refractivity (Wildman–Crippen MR) is 77.8 cm³/mol. The number of nitrogens with two attached hydrogens (primary N) is 1. The van der Waals surface area contributed by atoms with Crippen LogP contribution in [-0.4, -0.2) is 31.2 Å². The van der Waals surface area contributed by atoms with E-state index in [1.165, 1.54) is 0 Å². The third-order valence-electron chi connectivity index (χ3n) is 4.11. The van der Waals surface area contributed by atoms with Crippen LogP contribution in [0.1, 0.15) is 52.9 Å². The fourth-order valence-electron chi connectivity index (χ4n) is 2.25. The van der Waals surface area contributed by atoms with Gasteiger partial charge in [-0.1, -0.05) is 20.8 Å². The molecule has 1 aliphatic rings. The SMILES string of the molecule is CC(C)C(C)C(=O)NCCCOC1CCC(N)CC1. The Morgan fingerprint density at radius 1 is 1.26 bits per heavy atom. The Balaban J connectivity index is 2.01. The Labute approximate surface area is 117 Å². The molecule has 1 saturated carbocycles. The summed E-state index contributed by atoms with van der Waals surface area (Å²) in [6, 6.07) is 0.372. The number of amides is 1. The summed E-state index contributed by atoms with van der Waals surface area (Å²) in [4.78, 5) is 11.7. The second-order valence-corrected chi connectivity index (χ2v) is 6.08. The van der Waals surface area contributed by atoms with Gasteiger partial charge >= 0.3 is 0 Å². The zero-order valence-corrected chi connectivity index (χ0v) is 12.7. The number of carbonyl (C=O) groups is 1. The normalized spacial score (nSPS) is 25.3. The lowest BCUT2D eigenvalue weighted by Gasteiger charge is -2.26. The van der Waals surface area contributed by atoms with Gasteiger partial charge in [0.1, 0.15) is 0 Å². The lowest BCUT2D eigenvalue weighted by atomic mass is 9.94. The molecule has 0 bridgehead atoms. The van der Waals surface area contributed by atoms with E-state index in [9.17, 15) is 4.79 Å². The van der Waals surface area contributed by atoms with E-state index >= 15 is 0 Å². The van der Waals surface area contributed by atoms with Crippen molar-refractivity contribution in [3.05, 3.63) is 0 Å². The van der Waals surface area contributed by atoms with Crippen molar-refractivity contribution >= 4 is 5.91 Å². The summed E-state index contributed by atoms with van der Waals surface area (Å²) >= 11 is 0. The zero-order chi connectivity index (χ0) is 14.3. The fraction of sp³-hybridized carbons (Fsp3) is 0.933. The van der Waals surface area contributed by atoms with Crippen LogP contribution in [-0.2, 0) is 9.53 Å². The average Bonchev–Trinajstić information content (AvgIpc) is 2.39. The molecule has 0 radical (unpaired) electrons. The summed E-state index contributed by atoms with van der Waals surface area (Å²) in [5.74, 6) is 0.627. The molecule has 1 amide bonds. The van der Waals surface area contributed by atoms with Crippen LogP contribution in [0.2, 0.25) is 0 Å². The summed E-state index contributed by atoms with van der Waals surface area (Å²) in [5, 5.41) is 2.97. The second kappa shape index (κ2) is 8.54. The molecule has 0 heterocycles. The van der Waals surface area contributed by atoms with Crippen LogP contribution < -0.4 is 11.1 Å². The largest absolute Gasteiger partial charge is 0.378 e. The van der Waals surface area contributed by atoms with E-state index in [0.29, 0.717) is 24.6 Å². The summed E-state index contributed by atoms with van der Waals surface area (Å²) < 4.78 is 5.81. The predicted octanol–water partition coefficient (Wildman–Crippen LogP) is 2.07. The van der Waals surface area contributed by atoms with E-state index in [-0.39, 0.29) is 11.8 Å². The molecule has 4 nitrogen and oxygen atoms in total.